The van der Waals surface area contributed by atoms with Crippen molar-refractivity contribution in [2.45, 2.75) is 38.5 Å². The van der Waals surface area contributed by atoms with Crippen LogP contribution in [-0.4, -0.2) is 41.1 Å². The predicted molar refractivity (Wildman–Crippen MR) is 121 cm³/mol. The zero-order valence-electron chi connectivity index (χ0n) is 17.6. The summed E-state index contributed by atoms with van der Waals surface area (Å²) in [6.45, 7) is 6.73. The van der Waals surface area contributed by atoms with Gasteiger partial charge in [0.25, 0.3) is 0 Å². The van der Waals surface area contributed by atoms with Gasteiger partial charge in [-0.3, -0.25) is 9.69 Å². The third kappa shape index (κ3) is 4.21. The summed E-state index contributed by atoms with van der Waals surface area (Å²) >= 11 is 1.46. The lowest BCUT2D eigenvalue weighted by Gasteiger charge is -2.34. The van der Waals surface area contributed by atoms with E-state index in [4.69, 9.17) is 9.47 Å². The minimum atomic E-state index is -0.436. The Morgan fingerprint density at radius 2 is 1.68 bits per heavy atom. The zero-order chi connectivity index (χ0) is 21.4. The Balaban J connectivity index is 1.33. The number of carbonyl (C=O) groups is 1. The number of hydrogen-bond acceptors (Lipinski definition) is 6. The maximum atomic E-state index is 13.4. The van der Waals surface area contributed by atoms with E-state index in [1.54, 1.807) is 0 Å². The summed E-state index contributed by atoms with van der Waals surface area (Å²) in [7, 11) is 0. The quantitative estimate of drug-likeness (QED) is 0.647. The summed E-state index contributed by atoms with van der Waals surface area (Å²) in [5.74, 6) is 0.903. The summed E-state index contributed by atoms with van der Waals surface area (Å²) < 4.78 is 11.8. The Morgan fingerprint density at radius 3 is 2.32 bits per heavy atom. The van der Waals surface area contributed by atoms with Crippen molar-refractivity contribution in [3.05, 3.63) is 70.7 Å². The molecule has 3 aromatic rings. The molecule has 31 heavy (non-hydrogen) atoms. The molecule has 3 heterocycles. The maximum absolute atomic E-state index is 13.4. The highest BCUT2D eigenvalue weighted by Crippen LogP contribution is 2.44. The largest absolute Gasteiger partial charge is 0.457 e. The first-order chi connectivity index (χ1) is 15.1. The Kier molecular flexibility index (Phi) is 5.48. The molecule has 0 radical (unpaired) electrons. The van der Waals surface area contributed by atoms with E-state index in [1.165, 1.54) is 11.3 Å². The molecule has 1 saturated heterocycles. The van der Waals surface area contributed by atoms with Gasteiger partial charge in [0.1, 0.15) is 11.5 Å². The summed E-state index contributed by atoms with van der Waals surface area (Å²) in [6, 6.07) is 15.4. The number of thiazole rings is 1. The Morgan fingerprint density at radius 1 is 1.06 bits per heavy atom. The summed E-state index contributed by atoms with van der Waals surface area (Å²) in [4.78, 5) is 20.4. The number of hydrogen-bond donors (Lipinski definition) is 1. The first kappa shape index (κ1) is 20.2. The molecule has 6 nitrogen and oxygen atoms in total. The number of aromatic nitrogens is 1. The molecule has 2 unspecified atom stereocenters. The smallest absolute Gasteiger partial charge is 0.238 e. The van der Waals surface area contributed by atoms with E-state index in [1.807, 2.05) is 53.9 Å². The van der Waals surface area contributed by atoms with Gasteiger partial charge in [-0.15, -0.1) is 11.3 Å². The van der Waals surface area contributed by atoms with Crippen molar-refractivity contribution in [2.24, 2.45) is 0 Å². The van der Waals surface area contributed by atoms with Gasteiger partial charge in [-0.2, -0.15) is 0 Å². The fourth-order valence-corrected chi connectivity index (χ4v) is 5.15. The van der Waals surface area contributed by atoms with E-state index < -0.39 is 5.92 Å². The first-order valence-corrected chi connectivity index (χ1v) is 11.4. The van der Waals surface area contributed by atoms with Gasteiger partial charge >= 0.3 is 0 Å². The Labute approximate surface area is 185 Å². The molecule has 2 aliphatic heterocycles. The molecule has 1 N–H and O–H groups in total. The lowest BCUT2D eigenvalue weighted by Crippen LogP contribution is -2.44. The number of ether oxygens (including phenoxy) is 2. The third-order valence-corrected chi connectivity index (χ3v) is 6.41. The molecule has 5 rings (SSSR count). The van der Waals surface area contributed by atoms with Crippen molar-refractivity contribution in [1.82, 2.24) is 9.88 Å². The van der Waals surface area contributed by atoms with Crippen molar-refractivity contribution >= 4 is 22.4 Å². The molecule has 7 heteroatoms. The van der Waals surface area contributed by atoms with Gasteiger partial charge in [0.15, 0.2) is 5.13 Å². The molecule has 1 fully saturated rings. The molecule has 0 bridgehead atoms. The molecule has 2 aliphatic rings. The predicted octanol–water partition coefficient (Wildman–Crippen LogP) is 4.63. The van der Waals surface area contributed by atoms with Gasteiger partial charge in [-0.05, 0) is 26.0 Å². The van der Waals surface area contributed by atoms with E-state index >= 15 is 0 Å². The minimum absolute atomic E-state index is 0.0993. The number of carbonyl (C=O) groups excluding carboxylic acids is 1. The summed E-state index contributed by atoms with van der Waals surface area (Å²) in [6.07, 6.45) is 0.436. The van der Waals surface area contributed by atoms with Crippen LogP contribution in [0.1, 0.15) is 36.6 Å². The number of anilines is 1. The van der Waals surface area contributed by atoms with E-state index in [2.05, 4.69) is 29.0 Å². The van der Waals surface area contributed by atoms with E-state index in [-0.39, 0.29) is 18.1 Å². The van der Waals surface area contributed by atoms with E-state index in [9.17, 15) is 4.79 Å². The topological polar surface area (TPSA) is 63.7 Å². The van der Waals surface area contributed by atoms with Gasteiger partial charge < -0.3 is 14.8 Å². The third-order valence-electron chi connectivity index (χ3n) is 5.60. The van der Waals surface area contributed by atoms with Gasteiger partial charge in [0, 0.05) is 36.1 Å². The normalized spacial score (nSPS) is 21.1. The molecule has 2 aromatic carbocycles. The molecule has 160 valence electrons. The SMILES string of the molecule is CC1CN(Cc2csc(NC(=O)C3c4ccccc4Oc4ccccc43)n2)CC(C)O1. The Hall–Kier alpha value is -2.74. The van der Waals surface area contributed by atoms with Crippen molar-refractivity contribution in [3.63, 3.8) is 0 Å². The highest BCUT2D eigenvalue weighted by Gasteiger charge is 2.33. The van der Waals surface area contributed by atoms with Crippen LogP contribution >= 0.6 is 11.3 Å². The highest BCUT2D eigenvalue weighted by atomic mass is 32.1. The van der Waals surface area contributed by atoms with Crippen LogP contribution < -0.4 is 10.1 Å². The van der Waals surface area contributed by atoms with Crippen molar-refractivity contribution < 1.29 is 14.3 Å². The number of fused-ring (bicyclic) bond motifs is 2. The number of nitrogens with zero attached hydrogens (tertiary/aromatic N) is 2. The monoisotopic (exact) mass is 435 g/mol. The van der Waals surface area contributed by atoms with Crippen LogP contribution in [0.2, 0.25) is 0 Å². The number of amides is 1. The molecular formula is C24H25N3O3S. The van der Waals surface area contributed by atoms with Crippen LogP contribution in [0, 0.1) is 0 Å². The molecule has 0 saturated carbocycles. The Bertz CT molecular complexity index is 1040. The van der Waals surface area contributed by atoms with Crippen LogP contribution in [0.4, 0.5) is 5.13 Å². The molecule has 0 aliphatic carbocycles. The lowest BCUT2D eigenvalue weighted by molar-refractivity contribution is -0.116. The van der Waals surface area contributed by atoms with Gasteiger partial charge in [-0.1, -0.05) is 36.4 Å². The number of benzene rings is 2. The van der Waals surface area contributed by atoms with Crippen LogP contribution in [0.3, 0.4) is 0 Å². The first-order valence-electron chi connectivity index (χ1n) is 10.6. The van der Waals surface area contributed by atoms with E-state index in [0.29, 0.717) is 5.13 Å². The number of rotatable bonds is 4. The fourth-order valence-electron chi connectivity index (χ4n) is 4.45. The second-order valence-electron chi connectivity index (χ2n) is 8.20. The van der Waals surface area contributed by atoms with Crippen molar-refractivity contribution in [3.8, 4) is 11.5 Å². The van der Waals surface area contributed by atoms with Crippen LogP contribution in [-0.2, 0) is 16.1 Å². The summed E-state index contributed by atoms with van der Waals surface area (Å²) in [5.41, 5.74) is 2.70. The molecule has 1 aromatic heterocycles. The second-order valence-corrected chi connectivity index (χ2v) is 9.05. The zero-order valence-corrected chi connectivity index (χ0v) is 18.4. The fraction of sp³-hybridized carbons (Fsp3) is 0.333. The van der Waals surface area contributed by atoms with Crippen molar-refractivity contribution in [1.29, 1.82) is 0 Å². The lowest BCUT2D eigenvalue weighted by atomic mass is 9.87. The van der Waals surface area contributed by atoms with Gasteiger partial charge in [0.2, 0.25) is 5.91 Å². The minimum Gasteiger partial charge on any atom is -0.457 e. The van der Waals surface area contributed by atoms with Crippen molar-refractivity contribution in [2.75, 3.05) is 18.4 Å². The van der Waals surface area contributed by atoms with Gasteiger partial charge in [-0.25, -0.2) is 4.98 Å². The van der Waals surface area contributed by atoms with Crippen LogP contribution in [0.25, 0.3) is 0 Å². The average Bonchev–Trinajstić information content (AvgIpc) is 3.17. The van der Waals surface area contributed by atoms with Crippen LogP contribution in [0.5, 0.6) is 11.5 Å². The molecular weight excluding hydrogens is 410 g/mol. The van der Waals surface area contributed by atoms with E-state index in [0.717, 1.165) is 48.0 Å². The molecule has 0 spiro atoms. The molecule has 1 amide bonds. The number of morpholine rings is 1. The number of para-hydroxylation sites is 2. The maximum Gasteiger partial charge on any atom is 0.238 e. The second kappa shape index (κ2) is 8.42. The van der Waals surface area contributed by atoms with Crippen LogP contribution in [0.15, 0.2) is 53.9 Å². The summed E-state index contributed by atoms with van der Waals surface area (Å²) in [5, 5.41) is 5.68. The average molecular weight is 436 g/mol. The standard InChI is InChI=1S/C24H25N3O3S/c1-15-11-27(12-16(2)29-15)13-17-14-31-24(25-17)26-23(28)22-18-7-3-5-9-20(18)30-21-10-6-4-8-19(21)22/h3-10,14-16,22H,11-13H2,1-2H3,(H,25,26,28). The highest BCUT2D eigenvalue weighted by molar-refractivity contribution is 7.13. The number of nitrogens with one attached hydrogen (secondary N) is 1. The molecule has 2 atom stereocenters. The van der Waals surface area contributed by atoms with Gasteiger partial charge in [0.05, 0.1) is 23.8 Å².